The van der Waals surface area contributed by atoms with Gasteiger partial charge in [0.05, 0.1) is 0 Å². The third-order valence-electron chi connectivity index (χ3n) is 2.24. The van der Waals surface area contributed by atoms with Crippen molar-refractivity contribution in [3.8, 4) is 0 Å². The molecule has 2 rings (SSSR count). The molecule has 0 aliphatic carbocycles. The Labute approximate surface area is 108 Å². The van der Waals surface area contributed by atoms with E-state index in [4.69, 9.17) is 11.6 Å². The lowest BCUT2D eigenvalue weighted by Gasteiger charge is -2.05. The van der Waals surface area contributed by atoms with Gasteiger partial charge in [-0.15, -0.1) is 11.8 Å². The van der Waals surface area contributed by atoms with Crippen LogP contribution < -0.4 is 0 Å². The average Bonchev–Trinajstić information content (AvgIpc) is 2.28. The van der Waals surface area contributed by atoms with Gasteiger partial charge in [-0.3, -0.25) is 0 Å². The number of hydrogen-bond acceptors (Lipinski definition) is 1. The van der Waals surface area contributed by atoms with Crippen molar-refractivity contribution >= 4 is 23.4 Å². The normalized spacial score (nSPS) is 10.5. The summed E-state index contributed by atoms with van der Waals surface area (Å²) in [7, 11) is 0. The molecule has 0 fully saturated rings. The van der Waals surface area contributed by atoms with Gasteiger partial charge in [-0.1, -0.05) is 23.7 Å². The molecular weight excluding hydrogens is 262 g/mol. The average molecular weight is 271 g/mol. The Bertz CT molecular complexity index is 508. The zero-order chi connectivity index (χ0) is 12.3. The van der Waals surface area contributed by atoms with Crippen molar-refractivity contribution in [1.82, 2.24) is 0 Å². The summed E-state index contributed by atoms with van der Waals surface area (Å²) in [5.41, 5.74) is 0.448. The van der Waals surface area contributed by atoms with E-state index >= 15 is 0 Å². The van der Waals surface area contributed by atoms with Crippen molar-refractivity contribution in [2.24, 2.45) is 0 Å². The minimum absolute atomic E-state index is 0.297. The van der Waals surface area contributed by atoms with Gasteiger partial charge < -0.3 is 0 Å². The standard InChI is InChI=1S/C13H9ClF2S/c14-12-5-2-6-13(16)11(12)8-17-10-4-1-3-9(15)7-10/h1-7H,8H2. The fourth-order valence-corrected chi connectivity index (χ4v) is 2.67. The molecule has 2 aromatic carbocycles. The first kappa shape index (κ1) is 12.4. The van der Waals surface area contributed by atoms with Gasteiger partial charge in [0.1, 0.15) is 11.6 Å². The van der Waals surface area contributed by atoms with Crippen molar-refractivity contribution in [1.29, 1.82) is 0 Å². The first-order valence-electron chi connectivity index (χ1n) is 4.98. The molecule has 4 heteroatoms. The zero-order valence-corrected chi connectivity index (χ0v) is 10.4. The van der Waals surface area contributed by atoms with Crippen LogP contribution in [-0.4, -0.2) is 0 Å². The second kappa shape index (κ2) is 5.52. The van der Waals surface area contributed by atoms with Crippen LogP contribution in [-0.2, 0) is 5.75 Å². The van der Waals surface area contributed by atoms with Gasteiger partial charge in [0.25, 0.3) is 0 Å². The van der Waals surface area contributed by atoms with Crippen molar-refractivity contribution in [3.05, 3.63) is 64.7 Å². The van der Waals surface area contributed by atoms with Crippen LogP contribution in [0.1, 0.15) is 5.56 Å². The lowest BCUT2D eigenvalue weighted by molar-refractivity contribution is 0.617. The monoisotopic (exact) mass is 270 g/mol. The van der Waals surface area contributed by atoms with E-state index in [0.717, 1.165) is 4.90 Å². The van der Waals surface area contributed by atoms with Crippen LogP contribution >= 0.6 is 23.4 Å². The van der Waals surface area contributed by atoms with Crippen LogP contribution in [0, 0.1) is 11.6 Å². The summed E-state index contributed by atoms with van der Waals surface area (Å²) in [5.74, 6) is -0.245. The van der Waals surface area contributed by atoms with Gasteiger partial charge in [0, 0.05) is 21.2 Å². The maximum absolute atomic E-state index is 13.5. The minimum Gasteiger partial charge on any atom is -0.207 e. The van der Waals surface area contributed by atoms with Gasteiger partial charge in [0.15, 0.2) is 0 Å². The molecule has 0 amide bonds. The molecule has 0 atom stereocenters. The zero-order valence-electron chi connectivity index (χ0n) is 8.79. The van der Waals surface area contributed by atoms with Gasteiger partial charge >= 0.3 is 0 Å². The highest BCUT2D eigenvalue weighted by Crippen LogP contribution is 2.28. The summed E-state index contributed by atoms with van der Waals surface area (Å²) in [6, 6.07) is 10.8. The maximum atomic E-state index is 13.5. The van der Waals surface area contributed by atoms with Gasteiger partial charge in [-0.2, -0.15) is 0 Å². The maximum Gasteiger partial charge on any atom is 0.128 e. The fourth-order valence-electron chi connectivity index (χ4n) is 1.38. The smallest absolute Gasteiger partial charge is 0.128 e. The molecule has 0 saturated carbocycles. The van der Waals surface area contributed by atoms with Crippen LogP contribution in [0.25, 0.3) is 0 Å². The van der Waals surface area contributed by atoms with Crippen LogP contribution in [0.2, 0.25) is 5.02 Å². The molecule has 0 aliphatic rings. The highest BCUT2D eigenvalue weighted by Gasteiger charge is 2.07. The van der Waals surface area contributed by atoms with E-state index in [-0.39, 0.29) is 11.6 Å². The molecule has 0 saturated heterocycles. The summed E-state index contributed by atoms with van der Waals surface area (Å²) in [6.45, 7) is 0. The molecule has 17 heavy (non-hydrogen) atoms. The first-order valence-corrected chi connectivity index (χ1v) is 6.34. The van der Waals surface area contributed by atoms with Gasteiger partial charge in [0.2, 0.25) is 0 Å². The molecular formula is C13H9ClF2S. The molecule has 88 valence electrons. The van der Waals surface area contributed by atoms with Crippen molar-refractivity contribution in [2.75, 3.05) is 0 Å². The predicted molar refractivity (Wildman–Crippen MR) is 67.4 cm³/mol. The van der Waals surface area contributed by atoms with Crippen LogP contribution in [0.3, 0.4) is 0 Å². The molecule has 0 heterocycles. The molecule has 0 N–H and O–H groups in total. The Morgan fingerprint density at radius 1 is 1.06 bits per heavy atom. The Hall–Kier alpha value is -1.06. The Balaban J connectivity index is 2.13. The summed E-state index contributed by atoms with van der Waals surface area (Å²) in [4.78, 5) is 0.754. The second-order valence-electron chi connectivity index (χ2n) is 3.45. The quantitative estimate of drug-likeness (QED) is 0.714. The van der Waals surface area contributed by atoms with E-state index < -0.39 is 0 Å². The van der Waals surface area contributed by atoms with E-state index in [9.17, 15) is 8.78 Å². The first-order chi connectivity index (χ1) is 8.16. The largest absolute Gasteiger partial charge is 0.207 e. The highest BCUT2D eigenvalue weighted by molar-refractivity contribution is 7.98. The molecule has 0 bridgehead atoms. The molecule has 0 aromatic heterocycles. The molecule has 0 nitrogen and oxygen atoms in total. The van der Waals surface area contributed by atoms with E-state index in [1.807, 2.05) is 0 Å². The van der Waals surface area contributed by atoms with E-state index in [1.54, 1.807) is 24.3 Å². The van der Waals surface area contributed by atoms with E-state index in [2.05, 4.69) is 0 Å². The number of halogens is 3. The Kier molecular flexibility index (Phi) is 4.02. The molecule has 0 spiro atoms. The summed E-state index contributed by atoms with van der Waals surface area (Å²) >= 11 is 7.25. The van der Waals surface area contributed by atoms with Gasteiger partial charge in [-0.05, 0) is 30.3 Å². The summed E-state index contributed by atoms with van der Waals surface area (Å²) in [5, 5.41) is 0.397. The van der Waals surface area contributed by atoms with E-state index in [1.165, 1.54) is 30.0 Å². The topological polar surface area (TPSA) is 0 Å². The number of thioether (sulfide) groups is 1. The lowest BCUT2D eigenvalue weighted by Crippen LogP contribution is -1.89. The molecule has 0 radical (unpaired) electrons. The highest BCUT2D eigenvalue weighted by atomic mass is 35.5. The van der Waals surface area contributed by atoms with Crippen molar-refractivity contribution in [3.63, 3.8) is 0 Å². The minimum atomic E-state index is -0.332. The van der Waals surface area contributed by atoms with Crippen LogP contribution in [0.4, 0.5) is 8.78 Å². The van der Waals surface area contributed by atoms with Crippen LogP contribution in [0.5, 0.6) is 0 Å². The van der Waals surface area contributed by atoms with Crippen molar-refractivity contribution < 1.29 is 8.78 Å². The Morgan fingerprint density at radius 2 is 1.82 bits per heavy atom. The number of rotatable bonds is 3. The van der Waals surface area contributed by atoms with Crippen LogP contribution in [0.15, 0.2) is 47.4 Å². The van der Waals surface area contributed by atoms with Crippen molar-refractivity contribution in [2.45, 2.75) is 10.6 Å². The number of hydrogen-bond donors (Lipinski definition) is 0. The second-order valence-corrected chi connectivity index (χ2v) is 4.90. The van der Waals surface area contributed by atoms with Gasteiger partial charge in [-0.25, -0.2) is 8.78 Å². The summed E-state index contributed by atoms with van der Waals surface area (Å²) in [6.07, 6.45) is 0. The van der Waals surface area contributed by atoms with E-state index in [0.29, 0.717) is 16.3 Å². The fraction of sp³-hybridized carbons (Fsp3) is 0.0769. The Morgan fingerprint density at radius 3 is 2.53 bits per heavy atom. The SMILES string of the molecule is Fc1cccc(SCc2c(F)cccc2Cl)c1. The molecule has 2 aromatic rings. The lowest BCUT2D eigenvalue weighted by atomic mass is 10.2. The molecule has 0 unspecified atom stereocenters. The predicted octanol–water partition coefficient (Wildman–Crippen LogP) is 4.91. The third kappa shape index (κ3) is 3.20. The molecule has 0 aliphatic heterocycles. The third-order valence-corrected chi connectivity index (χ3v) is 3.62. The number of benzene rings is 2. The summed E-state index contributed by atoms with van der Waals surface area (Å²) < 4.78 is 26.4.